The first-order chi connectivity index (χ1) is 3.62. The fraction of sp³-hybridized carbons (Fsp3) is 1.00. The lowest BCUT2D eigenvalue weighted by atomic mass is 10.8. The molecule has 0 bridgehead atoms. The number of nitrogens with two attached hydrogens (primary N) is 1. The van der Waals surface area contributed by atoms with Crippen molar-refractivity contribution in [3.05, 3.63) is 0 Å². The van der Waals surface area contributed by atoms with Crippen molar-refractivity contribution in [3.63, 3.8) is 0 Å². The van der Waals surface area contributed by atoms with Crippen LogP contribution in [0.15, 0.2) is 0 Å². The minimum absolute atomic E-state index is 0.0723. The van der Waals surface area contributed by atoms with E-state index in [4.69, 9.17) is 10.8 Å². The molecule has 0 saturated carbocycles. The Kier molecular flexibility index (Phi) is 2.96. The van der Waals surface area contributed by atoms with E-state index in [1.807, 2.05) is 0 Å². The highest BCUT2D eigenvalue weighted by atomic mass is 32.2. The van der Waals surface area contributed by atoms with E-state index in [9.17, 15) is 8.42 Å². The molecule has 0 atom stereocenters. The third-order valence-corrected chi connectivity index (χ3v) is 1.88. The molecule has 0 aromatic rings. The summed E-state index contributed by atoms with van der Waals surface area (Å²) in [5, 5.41) is 8.08. The van der Waals surface area contributed by atoms with E-state index in [1.54, 1.807) is 0 Å². The lowest BCUT2D eigenvalue weighted by Gasteiger charge is -1.93. The maximum absolute atomic E-state index is 10.3. The van der Waals surface area contributed by atoms with Crippen LogP contribution in [0.3, 0.4) is 0 Å². The van der Waals surface area contributed by atoms with Gasteiger partial charge in [-0.25, -0.2) is 8.42 Å². The molecule has 0 aliphatic carbocycles. The standard InChI is InChI=1S/C3H9NO3S/c4-1-2-8(6,7)3-5/h5H,1-4H2. The molecule has 0 saturated heterocycles. The Morgan fingerprint density at radius 1 is 1.50 bits per heavy atom. The van der Waals surface area contributed by atoms with Crippen LogP contribution in [0.5, 0.6) is 0 Å². The van der Waals surface area contributed by atoms with Gasteiger partial charge in [0.2, 0.25) is 0 Å². The van der Waals surface area contributed by atoms with Gasteiger partial charge in [0.1, 0.15) is 5.94 Å². The number of rotatable bonds is 3. The molecule has 0 aliphatic heterocycles. The van der Waals surface area contributed by atoms with Crippen LogP contribution in [0.1, 0.15) is 0 Å². The Morgan fingerprint density at radius 3 is 2.12 bits per heavy atom. The summed E-state index contributed by atoms with van der Waals surface area (Å²) < 4.78 is 20.5. The van der Waals surface area contributed by atoms with Gasteiger partial charge in [0.05, 0.1) is 5.75 Å². The summed E-state index contributed by atoms with van der Waals surface area (Å²) >= 11 is 0. The summed E-state index contributed by atoms with van der Waals surface area (Å²) in [6.07, 6.45) is 0. The first-order valence-corrected chi connectivity index (χ1v) is 3.96. The van der Waals surface area contributed by atoms with Gasteiger partial charge in [0.25, 0.3) is 0 Å². The summed E-state index contributed by atoms with van der Waals surface area (Å²) in [6, 6.07) is 0. The van der Waals surface area contributed by atoms with Crippen molar-refractivity contribution in [2.24, 2.45) is 5.73 Å². The maximum Gasteiger partial charge on any atom is 0.175 e. The van der Waals surface area contributed by atoms with Crippen molar-refractivity contribution in [2.45, 2.75) is 0 Å². The topological polar surface area (TPSA) is 80.4 Å². The summed E-state index contributed by atoms with van der Waals surface area (Å²) in [4.78, 5) is 0. The fourth-order valence-corrected chi connectivity index (χ4v) is 0.732. The molecule has 0 amide bonds. The third kappa shape index (κ3) is 2.95. The molecule has 50 valence electrons. The zero-order valence-electron chi connectivity index (χ0n) is 4.37. The van der Waals surface area contributed by atoms with E-state index in [2.05, 4.69) is 0 Å². The summed E-state index contributed by atoms with van der Waals surface area (Å²) in [6.45, 7) is 0.0723. The van der Waals surface area contributed by atoms with E-state index in [1.165, 1.54) is 0 Å². The van der Waals surface area contributed by atoms with E-state index in [-0.39, 0.29) is 12.3 Å². The summed E-state index contributed by atoms with van der Waals surface area (Å²) in [5.74, 6) is -0.937. The van der Waals surface area contributed by atoms with Crippen molar-refractivity contribution in [2.75, 3.05) is 18.2 Å². The second-order valence-electron chi connectivity index (χ2n) is 1.37. The van der Waals surface area contributed by atoms with Gasteiger partial charge >= 0.3 is 0 Å². The summed E-state index contributed by atoms with van der Waals surface area (Å²) in [5.41, 5.74) is 4.90. The number of sulfone groups is 1. The van der Waals surface area contributed by atoms with Gasteiger partial charge in [0, 0.05) is 6.54 Å². The lowest BCUT2D eigenvalue weighted by molar-refractivity contribution is 0.358. The van der Waals surface area contributed by atoms with Gasteiger partial charge in [-0.2, -0.15) is 0 Å². The molecular formula is C3H9NO3S. The quantitative estimate of drug-likeness (QED) is 0.489. The monoisotopic (exact) mass is 139 g/mol. The van der Waals surface area contributed by atoms with Crippen molar-refractivity contribution >= 4 is 9.84 Å². The Morgan fingerprint density at radius 2 is 2.00 bits per heavy atom. The van der Waals surface area contributed by atoms with Crippen LogP contribution in [-0.4, -0.2) is 31.8 Å². The third-order valence-electron chi connectivity index (χ3n) is 0.626. The van der Waals surface area contributed by atoms with Gasteiger partial charge in [-0.1, -0.05) is 0 Å². The fourth-order valence-electron chi connectivity index (χ4n) is 0.244. The van der Waals surface area contributed by atoms with Crippen LogP contribution < -0.4 is 5.73 Å². The van der Waals surface area contributed by atoms with Crippen LogP contribution in [-0.2, 0) is 9.84 Å². The van der Waals surface area contributed by atoms with Crippen LogP contribution >= 0.6 is 0 Å². The van der Waals surface area contributed by atoms with Gasteiger partial charge < -0.3 is 10.8 Å². The van der Waals surface area contributed by atoms with Crippen molar-refractivity contribution in [1.29, 1.82) is 0 Å². The second-order valence-corrected chi connectivity index (χ2v) is 3.52. The molecule has 0 spiro atoms. The van der Waals surface area contributed by atoms with Crippen molar-refractivity contribution < 1.29 is 13.5 Å². The van der Waals surface area contributed by atoms with Gasteiger partial charge in [0.15, 0.2) is 9.84 Å². The highest BCUT2D eigenvalue weighted by Gasteiger charge is 2.04. The molecule has 0 aromatic heterocycles. The van der Waals surface area contributed by atoms with Crippen LogP contribution in [0.25, 0.3) is 0 Å². The second kappa shape index (κ2) is 3.01. The number of hydrogen-bond acceptors (Lipinski definition) is 4. The number of hydrogen-bond donors (Lipinski definition) is 2. The molecule has 3 N–H and O–H groups in total. The SMILES string of the molecule is NCCS(=O)(=O)CO. The Balaban J connectivity index is 3.76. The average molecular weight is 139 g/mol. The summed E-state index contributed by atoms with van der Waals surface area (Å²) in [7, 11) is -3.24. The first kappa shape index (κ1) is 7.87. The molecule has 0 aliphatic rings. The molecule has 0 radical (unpaired) electrons. The minimum atomic E-state index is -3.24. The van der Waals surface area contributed by atoms with Gasteiger partial charge in [-0.3, -0.25) is 0 Å². The van der Waals surface area contributed by atoms with E-state index in [0.717, 1.165) is 0 Å². The average Bonchev–Trinajstić information content (AvgIpc) is 1.67. The molecule has 8 heavy (non-hydrogen) atoms. The van der Waals surface area contributed by atoms with Crippen LogP contribution in [0, 0.1) is 0 Å². The lowest BCUT2D eigenvalue weighted by Crippen LogP contribution is -2.17. The molecule has 0 unspecified atom stereocenters. The molecule has 0 fully saturated rings. The van der Waals surface area contributed by atoms with E-state index in [0.29, 0.717) is 0 Å². The van der Waals surface area contributed by atoms with Crippen LogP contribution in [0.2, 0.25) is 0 Å². The van der Waals surface area contributed by atoms with E-state index >= 15 is 0 Å². The molecule has 4 nitrogen and oxygen atoms in total. The zero-order chi connectivity index (χ0) is 6.62. The molecule has 0 rings (SSSR count). The molecule has 5 heteroatoms. The Bertz CT molecular complexity index is 139. The minimum Gasteiger partial charge on any atom is -0.380 e. The number of aliphatic hydroxyl groups is 1. The Hall–Kier alpha value is -0.130. The molecular weight excluding hydrogens is 130 g/mol. The van der Waals surface area contributed by atoms with Gasteiger partial charge in [-0.15, -0.1) is 0 Å². The normalized spacial score (nSPS) is 11.8. The first-order valence-electron chi connectivity index (χ1n) is 2.14. The van der Waals surface area contributed by atoms with Crippen molar-refractivity contribution in [1.82, 2.24) is 0 Å². The largest absolute Gasteiger partial charge is 0.380 e. The molecule has 0 heterocycles. The van der Waals surface area contributed by atoms with Crippen LogP contribution in [0.4, 0.5) is 0 Å². The van der Waals surface area contributed by atoms with Crippen molar-refractivity contribution in [3.8, 4) is 0 Å². The predicted octanol–water partition coefficient (Wildman–Crippen LogP) is -1.69. The molecule has 0 aromatic carbocycles. The smallest absolute Gasteiger partial charge is 0.175 e. The van der Waals surface area contributed by atoms with E-state index < -0.39 is 15.8 Å². The zero-order valence-corrected chi connectivity index (χ0v) is 5.19. The van der Waals surface area contributed by atoms with Gasteiger partial charge in [-0.05, 0) is 0 Å². The number of aliphatic hydroxyl groups excluding tert-OH is 1. The Labute approximate surface area is 48.2 Å². The highest BCUT2D eigenvalue weighted by molar-refractivity contribution is 7.91. The predicted molar refractivity (Wildman–Crippen MR) is 29.9 cm³/mol. The maximum atomic E-state index is 10.3. The highest BCUT2D eigenvalue weighted by Crippen LogP contribution is 1.82.